The number of phenolic OH excluding ortho intramolecular Hbond substituents is 1. The van der Waals surface area contributed by atoms with Gasteiger partial charge in [-0.2, -0.15) is 4.39 Å². The Morgan fingerprint density at radius 1 is 1.61 bits per heavy atom. The third-order valence-corrected chi connectivity index (χ3v) is 3.56. The number of methoxy groups -OCH3 is 1. The maximum atomic E-state index is 13.8. The summed E-state index contributed by atoms with van der Waals surface area (Å²) in [6.45, 7) is 0. The van der Waals surface area contributed by atoms with Crippen LogP contribution >= 0.6 is 11.6 Å². The third-order valence-electron chi connectivity index (χ3n) is 3.27. The molecule has 1 aliphatic rings. The van der Waals surface area contributed by atoms with E-state index in [0.29, 0.717) is 18.4 Å². The van der Waals surface area contributed by atoms with Crippen molar-refractivity contribution in [2.24, 2.45) is 0 Å². The first-order valence-electron chi connectivity index (χ1n) is 5.38. The fourth-order valence-electron chi connectivity index (χ4n) is 2.17. The second-order valence-corrected chi connectivity index (χ2v) is 4.86. The second-order valence-electron chi connectivity index (χ2n) is 4.45. The second kappa shape index (κ2) is 4.31. The number of hydrogen-bond acceptors (Lipinski definition) is 3. The summed E-state index contributed by atoms with van der Waals surface area (Å²) in [6.07, 6.45) is 1.16. The van der Waals surface area contributed by atoms with Gasteiger partial charge in [0.05, 0.1) is 18.6 Å². The van der Waals surface area contributed by atoms with E-state index in [9.17, 15) is 14.3 Å². The van der Waals surface area contributed by atoms with Crippen molar-refractivity contribution >= 4 is 17.6 Å². The van der Waals surface area contributed by atoms with Gasteiger partial charge in [-0.05, 0) is 18.9 Å². The van der Waals surface area contributed by atoms with Gasteiger partial charge in [0, 0.05) is 11.0 Å². The van der Waals surface area contributed by atoms with Crippen LogP contribution in [0.5, 0.6) is 11.5 Å². The molecule has 0 amide bonds. The molecule has 2 rings (SSSR count). The Morgan fingerprint density at radius 2 is 2.22 bits per heavy atom. The van der Waals surface area contributed by atoms with Gasteiger partial charge >= 0.3 is 5.97 Å². The molecule has 0 atom stereocenters. The van der Waals surface area contributed by atoms with E-state index < -0.39 is 23.0 Å². The summed E-state index contributed by atoms with van der Waals surface area (Å²) in [5, 5.41) is 18.2. The molecule has 0 bridgehead atoms. The van der Waals surface area contributed by atoms with Gasteiger partial charge in [0.2, 0.25) is 5.82 Å². The zero-order valence-electron chi connectivity index (χ0n) is 9.67. The molecule has 0 unspecified atom stereocenters. The molecule has 0 aromatic heterocycles. The Hall–Kier alpha value is -1.49. The third kappa shape index (κ3) is 1.99. The molecule has 98 valence electrons. The van der Waals surface area contributed by atoms with Crippen LogP contribution in [0.15, 0.2) is 6.07 Å². The van der Waals surface area contributed by atoms with Crippen LogP contribution in [0.4, 0.5) is 4.39 Å². The number of aliphatic carboxylic acids is 1. The molecule has 1 saturated carbocycles. The smallest absolute Gasteiger partial charge is 0.304 e. The zero-order valence-corrected chi connectivity index (χ0v) is 10.4. The first kappa shape index (κ1) is 13.0. The van der Waals surface area contributed by atoms with Crippen molar-refractivity contribution in [3.63, 3.8) is 0 Å². The number of carboxylic acid groups (broad SMARTS) is 1. The molecule has 6 heteroatoms. The first-order valence-corrected chi connectivity index (χ1v) is 5.76. The van der Waals surface area contributed by atoms with Crippen LogP contribution in [0.1, 0.15) is 24.8 Å². The van der Waals surface area contributed by atoms with Crippen LogP contribution in [-0.4, -0.2) is 23.3 Å². The summed E-state index contributed by atoms with van der Waals surface area (Å²) < 4.78 is 18.7. The van der Waals surface area contributed by atoms with Crippen LogP contribution in [0, 0.1) is 5.82 Å². The number of halogens is 2. The monoisotopic (exact) mass is 274 g/mol. The normalized spacial score (nSPS) is 16.4. The van der Waals surface area contributed by atoms with Gasteiger partial charge in [-0.15, -0.1) is 0 Å². The predicted octanol–water partition coefficient (Wildman–Crippen LogP) is 2.70. The van der Waals surface area contributed by atoms with Gasteiger partial charge in [-0.3, -0.25) is 4.79 Å². The molecule has 1 aromatic rings. The Balaban J connectivity index is 2.54. The lowest BCUT2D eigenvalue weighted by Crippen LogP contribution is -2.15. The number of benzene rings is 1. The number of carboxylic acids is 1. The van der Waals surface area contributed by atoms with E-state index in [-0.39, 0.29) is 17.2 Å². The number of aromatic hydroxyl groups is 1. The number of ether oxygens (including phenoxy) is 1. The average Bonchev–Trinajstić information content (AvgIpc) is 3.05. The quantitative estimate of drug-likeness (QED) is 0.886. The van der Waals surface area contributed by atoms with E-state index >= 15 is 0 Å². The molecule has 0 saturated heterocycles. The summed E-state index contributed by atoms with van der Waals surface area (Å²) in [4.78, 5) is 10.8. The highest BCUT2D eigenvalue weighted by Gasteiger charge is 2.48. The van der Waals surface area contributed by atoms with E-state index in [2.05, 4.69) is 0 Å². The molecule has 0 heterocycles. The molecule has 0 radical (unpaired) electrons. The van der Waals surface area contributed by atoms with Crippen molar-refractivity contribution in [1.82, 2.24) is 0 Å². The van der Waals surface area contributed by atoms with Gasteiger partial charge in [0.1, 0.15) is 0 Å². The van der Waals surface area contributed by atoms with Crippen LogP contribution < -0.4 is 4.74 Å². The van der Waals surface area contributed by atoms with E-state index in [1.165, 1.54) is 13.2 Å². The zero-order chi connectivity index (χ0) is 13.5. The summed E-state index contributed by atoms with van der Waals surface area (Å²) in [6, 6.07) is 1.38. The number of carbonyl (C=O) groups is 1. The minimum absolute atomic E-state index is 0.107. The Labute approximate surface area is 108 Å². The maximum Gasteiger partial charge on any atom is 0.304 e. The summed E-state index contributed by atoms with van der Waals surface area (Å²) >= 11 is 5.73. The highest BCUT2D eigenvalue weighted by molar-refractivity contribution is 6.32. The van der Waals surface area contributed by atoms with E-state index in [0.717, 1.165) is 0 Å². The predicted molar refractivity (Wildman–Crippen MR) is 62.8 cm³/mol. The Bertz CT molecular complexity index is 511. The minimum Gasteiger partial charge on any atom is -0.504 e. The molecule has 1 aromatic carbocycles. The van der Waals surface area contributed by atoms with Crippen LogP contribution in [0.25, 0.3) is 0 Å². The largest absolute Gasteiger partial charge is 0.504 e. The fourth-order valence-corrected chi connectivity index (χ4v) is 2.36. The molecule has 2 N–H and O–H groups in total. The van der Waals surface area contributed by atoms with Crippen LogP contribution in [-0.2, 0) is 10.2 Å². The molecule has 18 heavy (non-hydrogen) atoms. The lowest BCUT2D eigenvalue weighted by Gasteiger charge is -2.18. The van der Waals surface area contributed by atoms with Crippen molar-refractivity contribution in [2.45, 2.75) is 24.7 Å². The van der Waals surface area contributed by atoms with Crippen molar-refractivity contribution in [1.29, 1.82) is 0 Å². The van der Waals surface area contributed by atoms with Crippen molar-refractivity contribution in [3.05, 3.63) is 22.5 Å². The van der Waals surface area contributed by atoms with Crippen molar-refractivity contribution in [3.8, 4) is 11.5 Å². The van der Waals surface area contributed by atoms with Gasteiger partial charge in [0.15, 0.2) is 11.5 Å². The SMILES string of the molecule is COc1c(C2(CC(=O)O)CC2)cc(Cl)c(O)c1F. The average molecular weight is 275 g/mol. The summed E-state index contributed by atoms with van der Waals surface area (Å²) in [5.74, 6) is -2.71. The summed E-state index contributed by atoms with van der Waals surface area (Å²) in [7, 11) is 1.27. The van der Waals surface area contributed by atoms with Crippen LogP contribution in [0.3, 0.4) is 0 Å². The summed E-state index contributed by atoms with van der Waals surface area (Å²) in [5.41, 5.74) is -0.220. The molecule has 0 aliphatic heterocycles. The highest BCUT2D eigenvalue weighted by atomic mass is 35.5. The minimum atomic E-state index is -0.959. The van der Waals surface area contributed by atoms with E-state index in [1.54, 1.807) is 0 Å². The van der Waals surface area contributed by atoms with Crippen LogP contribution in [0.2, 0.25) is 5.02 Å². The molecule has 1 aliphatic carbocycles. The Morgan fingerprint density at radius 3 is 2.67 bits per heavy atom. The lowest BCUT2D eigenvalue weighted by atomic mass is 9.91. The standard InChI is InChI=1S/C12H12ClFO4/c1-18-11-6(4-7(13)10(17)9(11)14)12(2-3-12)5-8(15)16/h4,17H,2-3,5H2,1H3,(H,15,16). The van der Waals surface area contributed by atoms with E-state index in [4.69, 9.17) is 21.4 Å². The van der Waals surface area contributed by atoms with E-state index in [1.807, 2.05) is 0 Å². The lowest BCUT2D eigenvalue weighted by molar-refractivity contribution is -0.137. The number of phenols is 1. The van der Waals surface area contributed by atoms with Crippen molar-refractivity contribution in [2.75, 3.05) is 7.11 Å². The number of rotatable bonds is 4. The molecule has 1 fully saturated rings. The molecule has 4 nitrogen and oxygen atoms in total. The van der Waals surface area contributed by atoms with Gasteiger partial charge in [-0.1, -0.05) is 11.6 Å². The highest BCUT2D eigenvalue weighted by Crippen LogP contribution is 2.56. The van der Waals surface area contributed by atoms with Crippen molar-refractivity contribution < 1.29 is 24.1 Å². The maximum absolute atomic E-state index is 13.8. The van der Waals surface area contributed by atoms with Gasteiger partial charge < -0.3 is 14.9 Å². The number of hydrogen-bond donors (Lipinski definition) is 2. The van der Waals surface area contributed by atoms with Gasteiger partial charge in [0.25, 0.3) is 0 Å². The molecular formula is C12H12ClFO4. The first-order chi connectivity index (χ1) is 8.41. The molecular weight excluding hydrogens is 263 g/mol. The van der Waals surface area contributed by atoms with Gasteiger partial charge in [-0.25, -0.2) is 0 Å². The Kier molecular flexibility index (Phi) is 3.11. The fraction of sp³-hybridized carbons (Fsp3) is 0.417. The molecule has 0 spiro atoms. The topological polar surface area (TPSA) is 66.8 Å².